The van der Waals surface area contributed by atoms with Gasteiger partial charge in [-0.05, 0) is 12.8 Å². The summed E-state index contributed by atoms with van der Waals surface area (Å²) in [6, 6.07) is 0. The number of nitrogen functional groups attached to an aromatic ring is 1. The Bertz CT molecular complexity index is 641. The predicted octanol–water partition coefficient (Wildman–Crippen LogP) is 2.56. The standard InChI is InChI=1S/C14H22N2O3S2/c1-4-21(18,19)13-10(15)12(11(17)9(2)3)20-14(13)16-7-5-6-8-16/h9H,4-8,15H2,1-3H3. The van der Waals surface area contributed by atoms with E-state index in [1.54, 1.807) is 20.8 Å². The lowest BCUT2D eigenvalue weighted by Gasteiger charge is -2.17. The van der Waals surface area contributed by atoms with Crippen molar-refractivity contribution in [2.75, 3.05) is 29.5 Å². The highest BCUT2D eigenvalue weighted by atomic mass is 32.2. The van der Waals surface area contributed by atoms with Crippen molar-refractivity contribution in [1.82, 2.24) is 0 Å². The molecule has 7 heteroatoms. The quantitative estimate of drug-likeness (QED) is 0.839. The van der Waals surface area contributed by atoms with Crippen molar-refractivity contribution in [1.29, 1.82) is 0 Å². The highest BCUT2D eigenvalue weighted by Crippen LogP contribution is 2.43. The van der Waals surface area contributed by atoms with E-state index >= 15 is 0 Å². The number of ketones is 1. The van der Waals surface area contributed by atoms with E-state index in [-0.39, 0.29) is 28.0 Å². The molecule has 0 aromatic carbocycles. The molecule has 0 bridgehead atoms. The summed E-state index contributed by atoms with van der Waals surface area (Å²) in [5.41, 5.74) is 6.20. The predicted molar refractivity (Wildman–Crippen MR) is 87.1 cm³/mol. The Morgan fingerprint density at radius 2 is 1.90 bits per heavy atom. The second kappa shape index (κ2) is 5.96. The molecular weight excluding hydrogens is 308 g/mol. The minimum Gasteiger partial charge on any atom is -0.396 e. The van der Waals surface area contributed by atoms with Crippen molar-refractivity contribution < 1.29 is 13.2 Å². The molecule has 1 aliphatic rings. The fourth-order valence-corrected chi connectivity index (χ4v) is 5.38. The highest BCUT2D eigenvalue weighted by Gasteiger charge is 2.32. The fourth-order valence-electron chi connectivity index (χ4n) is 2.43. The number of carbonyl (C=O) groups is 1. The second-order valence-corrected chi connectivity index (χ2v) is 8.81. The zero-order valence-corrected chi connectivity index (χ0v) is 14.3. The maximum Gasteiger partial charge on any atom is 0.183 e. The van der Waals surface area contributed by atoms with E-state index < -0.39 is 9.84 Å². The van der Waals surface area contributed by atoms with Crippen LogP contribution in [0.1, 0.15) is 43.3 Å². The molecule has 0 saturated carbocycles. The smallest absolute Gasteiger partial charge is 0.183 e. The lowest BCUT2D eigenvalue weighted by Crippen LogP contribution is -2.19. The van der Waals surface area contributed by atoms with E-state index in [0.717, 1.165) is 25.9 Å². The third kappa shape index (κ3) is 2.94. The Labute approximate surface area is 130 Å². The van der Waals surface area contributed by atoms with Gasteiger partial charge in [-0.2, -0.15) is 0 Å². The van der Waals surface area contributed by atoms with Gasteiger partial charge in [0, 0.05) is 19.0 Å². The van der Waals surface area contributed by atoms with Gasteiger partial charge in [-0.3, -0.25) is 4.79 Å². The van der Waals surface area contributed by atoms with Gasteiger partial charge < -0.3 is 10.6 Å². The van der Waals surface area contributed by atoms with Gasteiger partial charge in [-0.25, -0.2) is 8.42 Å². The number of thiophene rings is 1. The average molecular weight is 330 g/mol. The summed E-state index contributed by atoms with van der Waals surface area (Å²) in [6.45, 7) is 6.84. The Morgan fingerprint density at radius 1 is 1.33 bits per heavy atom. The molecule has 0 amide bonds. The number of rotatable bonds is 5. The number of nitrogens with two attached hydrogens (primary N) is 1. The molecule has 0 radical (unpaired) electrons. The van der Waals surface area contributed by atoms with Crippen LogP contribution in [0.3, 0.4) is 0 Å². The van der Waals surface area contributed by atoms with Gasteiger partial charge in [0.1, 0.15) is 9.90 Å². The van der Waals surface area contributed by atoms with Crippen LogP contribution in [0.25, 0.3) is 0 Å². The summed E-state index contributed by atoms with van der Waals surface area (Å²) in [6.07, 6.45) is 2.08. The topological polar surface area (TPSA) is 80.5 Å². The molecule has 1 fully saturated rings. The summed E-state index contributed by atoms with van der Waals surface area (Å²) in [4.78, 5) is 14.9. The fraction of sp³-hybridized carbons (Fsp3) is 0.643. The summed E-state index contributed by atoms with van der Waals surface area (Å²) in [5.74, 6) is -0.297. The van der Waals surface area contributed by atoms with Crippen LogP contribution in [0.15, 0.2) is 4.90 Å². The van der Waals surface area contributed by atoms with Crippen LogP contribution in [0.5, 0.6) is 0 Å². The van der Waals surface area contributed by atoms with Crippen LogP contribution >= 0.6 is 11.3 Å². The first-order valence-electron chi connectivity index (χ1n) is 7.23. The molecule has 2 N–H and O–H groups in total. The molecular formula is C14H22N2O3S2. The van der Waals surface area contributed by atoms with Gasteiger partial charge in [-0.1, -0.05) is 20.8 Å². The van der Waals surface area contributed by atoms with Gasteiger partial charge in [0.2, 0.25) is 0 Å². The normalized spacial score (nSPS) is 15.9. The summed E-state index contributed by atoms with van der Waals surface area (Å²) in [7, 11) is -3.44. The lowest BCUT2D eigenvalue weighted by atomic mass is 10.1. The summed E-state index contributed by atoms with van der Waals surface area (Å²) in [5, 5.41) is 0.649. The largest absolute Gasteiger partial charge is 0.396 e. The van der Waals surface area contributed by atoms with Crippen LogP contribution in [-0.2, 0) is 9.84 Å². The molecule has 1 aliphatic heterocycles. The van der Waals surface area contributed by atoms with Crippen LogP contribution in [-0.4, -0.2) is 33.0 Å². The molecule has 1 saturated heterocycles. The Kier molecular flexibility index (Phi) is 4.63. The monoisotopic (exact) mass is 330 g/mol. The average Bonchev–Trinajstić information content (AvgIpc) is 3.05. The first-order valence-corrected chi connectivity index (χ1v) is 9.70. The van der Waals surface area contributed by atoms with Crippen molar-refractivity contribution in [2.24, 2.45) is 5.92 Å². The number of Topliss-reactive ketones (excluding diaryl/α,β-unsaturated/α-hetero) is 1. The minimum atomic E-state index is -3.44. The third-order valence-corrected chi connectivity index (χ3v) is 6.92. The molecule has 21 heavy (non-hydrogen) atoms. The van der Waals surface area contributed by atoms with Crippen molar-refractivity contribution >= 4 is 37.6 Å². The van der Waals surface area contributed by atoms with E-state index in [0.29, 0.717) is 9.88 Å². The number of sulfone groups is 1. The van der Waals surface area contributed by atoms with Gasteiger partial charge in [0.05, 0.1) is 16.3 Å². The molecule has 0 unspecified atom stereocenters. The lowest BCUT2D eigenvalue weighted by molar-refractivity contribution is 0.0944. The number of carbonyl (C=O) groups excluding carboxylic acids is 1. The van der Waals surface area contributed by atoms with Crippen molar-refractivity contribution in [3.05, 3.63) is 4.88 Å². The SMILES string of the molecule is CCS(=O)(=O)c1c(N2CCCC2)sc(C(=O)C(C)C)c1N. The van der Waals surface area contributed by atoms with Crippen LogP contribution < -0.4 is 10.6 Å². The Hall–Kier alpha value is -1.08. The minimum absolute atomic E-state index is 0.00984. The molecule has 2 rings (SSSR count). The maximum atomic E-state index is 12.4. The number of anilines is 2. The Balaban J connectivity index is 2.62. The van der Waals surface area contributed by atoms with E-state index in [2.05, 4.69) is 0 Å². The van der Waals surface area contributed by atoms with Crippen molar-refractivity contribution in [2.45, 2.75) is 38.5 Å². The van der Waals surface area contributed by atoms with Crippen molar-refractivity contribution in [3.8, 4) is 0 Å². The van der Waals surface area contributed by atoms with Crippen LogP contribution in [0.4, 0.5) is 10.7 Å². The number of hydrogen-bond donors (Lipinski definition) is 1. The van der Waals surface area contributed by atoms with E-state index in [4.69, 9.17) is 5.73 Å². The maximum absolute atomic E-state index is 12.4. The van der Waals surface area contributed by atoms with Gasteiger partial charge in [0.25, 0.3) is 0 Å². The zero-order chi connectivity index (χ0) is 15.8. The first kappa shape index (κ1) is 16.3. The number of nitrogens with zero attached hydrogens (tertiary/aromatic N) is 1. The van der Waals surface area contributed by atoms with E-state index in [1.807, 2.05) is 4.90 Å². The number of hydrogen-bond acceptors (Lipinski definition) is 6. The zero-order valence-electron chi connectivity index (χ0n) is 12.7. The Morgan fingerprint density at radius 3 is 2.38 bits per heavy atom. The molecule has 118 valence electrons. The van der Waals surface area contributed by atoms with E-state index in [9.17, 15) is 13.2 Å². The van der Waals surface area contributed by atoms with Crippen LogP contribution in [0.2, 0.25) is 0 Å². The molecule has 1 aromatic heterocycles. The molecule has 0 aliphatic carbocycles. The second-order valence-electron chi connectivity index (χ2n) is 5.60. The molecule has 1 aromatic rings. The summed E-state index contributed by atoms with van der Waals surface area (Å²) < 4.78 is 24.8. The summed E-state index contributed by atoms with van der Waals surface area (Å²) >= 11 is 1.23. The van der Waals surface area contributed by atoms with Gasteiger partial charge in [0.15, 0.2) is 15.6 Å². The molecule has 0 spiro atoms. The van der Waals surface area contributed by atoms with Gasteiger partial charge >= 0.3 is 0 Å². The molecule has 5 nitrogen and oxygen atoms in total. The first-order chi connectivity index (χ1) is 9.79. The van der Waals surface area contributed by atoms with Gasteiger partial charge in [-0.15, -0.1) is 11.3 Å². The highest BCUT2D eigenvalue weighted by molar-refractivity contribution is 7.92. The molecule has 0 atom stereocenters. The van der Waals surface area contributed by atoms with Crippen LogP contribution in [0, 0.1) is 5.92 Å². The van der Waals surface area contributed by atoms with Crippen molar-refractivity contribution in [3.63, 3.8) is 0 Å². The third-order valence-electron chi connectivity index (χ3n) is 3.71. The van der Waals surface area contributed by atoms with E-state index in [1.165, 1.54) is 11.3 Å². The molecule has 2 heterocycles.